The number of fused-ring (bicyclic) bond motifs is 2. The van der Waals surface area contributed by atoms with Crippen molar-refractivity contribution in [2.75, 3.05) is 6.54 Å². The van der Waals surface area contributed by atoms with Crippen LogP contribution in [0.1, 0.15) is 64.8 Å². The van der Waals surface area contributed by atoms with E-state index >= 15 is 0 Å². The van der Waals surface area contributed by atoms with Crippen LogP contribution in [-0.2, 0) is 28.9 Å². The molecule has 0 bridgehead atoms. The summed E-state index contributed by atoms with van der Waals surface area (Å²) in [5.41, 5.74) is 5.20. The minimum Gasteiger partial charge on any atom is -0.350 e. The highest BCUT2D eigenvalue weighted by atomic mass is 16.2. The van der Waals surface area contributed by atoms with Gasteiger partial charge in [-0.15, -0.1) is 0 Å². The van der Waals surface area contributed by atoms with E-state index in [1.165, 1.54) is 28.9 Å². The van der Waals surface area contributed by atoms with Crippen molar-refractivity contribution in [3.05, 3.63) is 70.3 Å². The third kappa shape index (κ3) is 4.09. The Morgan fingerprint density at radius 3 is 2.62 bits per heavy atom. The molecular weight excluding hydrogens is 364 g/mol. The Kier molecular flexibility index (Phi) is 5.47. The average Bonchev–Trinajstić information content (AvgIpc) is 2.73. The van der Waals surface area contributed by atoms with Gasteiger partial charge >= 0.3 is 0 Å². The summed E-state index contributed by atoms with van der Waals surface area (Å²) in [4.78, 5) is 38.6. The van der Waals surface area contributed by atoms with E-state index in [-0.39, 0.29) is 43.1 Å². The number of aryl methyl sites for hydroxylation is 2. The van der Waals surface area contributed by atoms with Crippen LogP contribution in [0.2, 0.25) is 0 Å². The molecule has 2 aromatic carbocycles. The second kappa shape index (κ2) is 8.19. The first-order valence-corrected chi connectivity index (χ1v) is 10.4. The molecule has 3 amide bonds. The summed E-state index contributed by atoms with van der Waals surface area (Å²) < 4.78 is 0. The lowest BCUT2D eigenvalue weighted by Crippen LogP contribution is -2.44. The molecule has 0 spiro atoms. The lowest BCUT2D eigenvalue weighted by Gasteiger charge is -2.27. The summed E-state index contributed by atoms with van der Waals surface area (Å²) in [7, 11) is 0. The lowest BCUT2D eigenvalue weighted by molar-refractivity contribution is -0.129. The molecule has 1 aliphatic heterocycles. The molecule has 29 heavy (non-hydrogen) atoms. The molecule has 1 heterocycles. The molecule has 0 unspecified atom stereocenters. The third-order valence-electron chi connectivity index (χ3n) is 5.95. The highest BCUT2D eigenvalue weighted by molar-refractivity contribution is 6.09. The molecule has 0 fully saturated rings. The zero-order valence-corrected chi connectivity index (χ0v) is 16.7. The van der Waals surface area contributed by atoms with Crippen LogP contribution in [0.15, 0.2) is 42.5 Å². The first-order valence-electron chi connectivity index (χ1n) is 10.4. The summed E-state index contributed by atoms with van der Waals surface area (Å²) in [6.07, 6.45) is 5.02. The number of rotatable bonds is 5. The molecular formula is C24H26N2O3. The zero-order valence-electron chi connectivity index (χ0n) is 16.7. The van der Waals surface area contributed by atoms with Gasteiger partial charge in [-0.2, -0.15) is 0 Å². The van der Waals surface area contributed by atoms with E-state index in [9.17, 15) is 14.4 Å². The Bertz CT molecular complexity index is 966. The molecule has 1 atom stereocenters. The summed E-state index contributed by atoms with van der Waals surface area (Å²) in [6, 6.07) is 13.5. The summed E-state index contributed by atoms with van der Waals surface area (Å²) >= 11 is 0. The van der Waals surface area contributed by atoms with E-state index < -0.39 is 0 Å². The second-order valence-corrected chi connectivity index (χ2v) is 7.96. The molecule has 4 rings (SSSR count). The van der Waals surface area contributed by atoms with Gasteiger partial charge in [0.2, 0.25) is 11.8 Å². The molecule has 0 aromatic heterocycles. The number of hydrogen-bond donors (Lipinski definition) is 1. The van der Waals surface area contributed by atoms with E-state index in [1.807, 2.05) is 13.0 Å². The highest BCUT2D eigenvalue weighted by Crippen LogP contribution is 2.25. The van der Waals surface area contributed by atoms with Crippen molar-refractivity contribution in [1.29, 1.82) is 0 Å². The minimum absolute atomic E-state index is 0.106. The maximum atomic E-state index is 12.6. The Morgan fingerprint density at radius 2 is 1.79 bits per heavy atom. The summed E-state index contributed by atoms with van der Waals surface area (Å²) in [6.45, 7) is 2.07. The summed E-state index contributed by atoms with van der Waals surface area (Å²) in [5, 5.41) is 3.00. The fraction of sp³-hybridized carbons (Fsp3) is 0.375. The van der Waals surface area contributed by atoms with Gasteiger partial charge in [0, 0.05) is 18.5 Å². The number of nitrogens with zero attached hydrogens (tertiary/aromatic N) is 1. The van der Waals surface area contributed by atoms with E-state index in [2.05, 4.69) is 23.5 Å². The predicted molar refractivity (Wildman–Crippen MR) is 110 cm³/mol. The summed E-state index contributed by atoms with van der Waals surface area (Å²) in [5.74, 6) is -0.716. The number of hydrogen-bond acceptors (Lipinski definition) is 3. The standard InChI is InChI=1S/C24H26N2O3/c1-16(18-11-10-17-6-2-3-7-19(17)14-18)25-22(27)12-13-26-23(28)15-20-8-4-5-9-21(20)24(26)29/h4-5,8-11,14,16H,2-3,6-7,12-13,15H2,1H3,(H,25,27)/t16-/m0/s1. The van der Waals surface area contributed by atoms with Gasteiger partial charge in [0.05, 0.1) is 12.5 Å². The quantitative estimate of drug-likeness (QED) is 0.796. The Labute approximate surface area is 171 Å². The zero-order chi connectivity index (χ0) is 20.4. The van der Waals surface area contributed by atoms with E-state index in [0.29, 0.717) is 5.56 Å². The molecule has 0 radical (unpaired) electrons. The average molecular weight is 390 g/mol. The van der Waals surface area contributed by atoms with Gasteiger partial charge in [-0.05, 0) is 60.9 Å². The topological polar surface area (TPSA) is 66.5 Å². The van der Waals surface area contributed by atoms with Gasteiger partial charge in [-0.25, -0.2) is 0 Å². The van der Waals surface area contributed by atoms with Gasteiger partial charge < -0.3 is 5.32 Å². The number of benzene rings is 2. The van der Waals surface area contributed by atoms with Crippen molar-refractivity contribution in [2.24, 2.45) is 0 Å². The van der Waals surface area contributed by atoms with Gasteiger partial charge in [0.1, 0.15) is 0 Å². The van der Waals surface area contributed by atoms with Crippen LogP contribution in [-0.4, -0.2) is 29.2 Å². The largest absolute Gasteiger partial charge is 0.350 e. The Hall–Kier alpha value is -2.95. The SMILES string of the molecule is C[C@H](NC(=O)CCN1C(=O)Cc2ccccc2C1=O)c1ccc2c(c1)CCCC2. The molecule has 1 N–H and O–H groups in total. The van der Waals surface area contributed by atoms with Crippen LogP contribution < -0.4 is 5.32 Å². The van der Waals surface area contributed by atoms with Crippen LogP contribution in [0, 0.1) is 0 Å². The van der Waals surface area contributed by atoms with Gasteiger partial charge in [0.15, 0.2) is 0 Å². The van der Waals surface area contributed by atoms with E-state index in [1.54, 1.807) is 18.2 Å². The van der Waals surface area contributed by atoms with E-state index in [4.69, 9.17) is 0 Å². The van der Waals surface area contributed by atoms with Crippen molar-refractivity contribution in [2.45, 2.75) is 51.5 Å². The fourth-order valence-electron chi connectivity index (χ4n) is 4.26. The van der Waals surface area contributed by atoms with Crippen LogP contribution >= 0.6 is 0 Å². The molecule has 2 aromatic rings. The Balaban J connectivity index is 1.35. The predicted octanol–water partition coefficient (Wildman–Crippen LogP) is 3.36. The molecule has 1 aliphatic carbocycles. The first-order chi connectivity index (χ1) is 14.0. The maximum Gasteiger partial charge on any atom is 0.260 e. The van der Waals surface area contributed by atoms with Crippen LogP contribution in [0.5, 0.6) is 0 Å². The van der Waals surface area contributed by atoms with Gasteiger partial charge in [0.25, 0.3) is 5.91 Å². The van der Waals surface area contributed by atoms with Gasteiger partial charge in [-0.1, -0.05) is 36.4 Å². The molecule has 0 saturated heterocycles. The van der Waals surface area contributed by atoms with Crippen molar-refractivity contribution in [3.8, 4) is 0 Å². The van der Waals surface area contributed by atoms with Crippen molar-refractivity contribution in [1.82, 2.24) is 10.2 Å². The number of carbonyl (C=O) groups excluding carboxylic acids is 3. The lowest BCUT2D eigenvalue weighted by atomic mass is 9.89. The Morgan fingerprint density at radius 1 is 1.03 bits per heavy atom. The second-order valence-electron chi connectivity index (χ2n) is 7.96. The van der Waals surface area contributed by atoms with Crippen molar-refractivity contribution < 1.29 is 14.4 Å². The minimum atomic E-state index is -0.313. The smallest absolute Gasteiger partial charge is 0.260 e. The van der Waals surface area contributed by atoms with Crippen LogP contribution in [0.3, 0.4) is 0 Å². The monoisotopic (exact) mass is 390 g/mol. The number of carbonyl (C=O) groups is 3. The molecule has 2 aliphatic rings. The molecule has 150 valence electrons. The number of amides is 3. The fourth-order valence-corrected chi connectivity index (χ4v) is 4.26. The molecule has 0 saturated carbocycles. The maximum absolute atomic E-state index is 12.6. The third-order valence-corrected chi connectivity index (χ3v) is 5.95. The van der Waals surface area contributed by atoms with E-state index in [0.717, 1.165) is 24.0 Å². The van der Waals surface area contributed by atoms with Crippen molar-refractivity contribution in [3.63, 3.8) is 0 Å². The number of imide groups is 1. The van der Waals surface area contributed by atoms with Crippen LogP contribution in [0.4, 0.5) is 0 Å². The molecule has 5 heteroatoms. The van der Waals surface area contributed by atoms with Gasteiger partial charge in [-0.3, -0.25) is 19.3 Å². The van der Waals surface area contributed by atoms with Crippen molar-refractivity contribution >= 4 is 17.7 Å². The molecule has 5 nitrogen and oxygen atoms in total. The highest BCUT2D eigenvalue weighted by Gasteiger charge is 2.30. The normalized spacial score (nSPS) is 16.8. The van der Waals surface area contributed by atoms with Crippen LogP contribution in [0.25, 0.3) is 0 Å². The number of nitrogens with one attached hydrogen (secondary N) is 1. The first kappa shape index (κ1) is 19.4.